The van der Waals surface area contributed by atoms with Gasteiger partial charge in [0.25, 0.3) is 0 Å². The number of nitrogens with one attached hydrogen (secondary N) is 2. The zero-order chi connectivity index (χ0) is 17.8. The second-order valence-electron chi connectivity index (χ2n) is 5.54. The van der Waals surface area contributed by atoms with Gasteiger partial charge in [-0.05, 0) is 37.6 Å². The molecule has 0 aliphatic carbocycles. The number of ketones is 1. The highest BCUT2D eigenvalue weighted by molar-refractivity contribution is 5.95. The van der Waals surface area contributed by atoms with E-state index in [1.165, 1.54) is 13.3 Å². The topological polar surface area (TPSA) is 106 Å². The van der Waals surface area contributed by atoms with Crippen molar-refractivity contribution < 1.29 is 4.79 Å². The summed E-state index contributed by atoms with van der Waals surface area (Å²) in [5.74, 6) is 1.58. The number of hydrogen-bond acceptors (Lipinski definition) is 7. The van der Waals surface area contributed by atoms with Crippen LogP contribution in [-0.2, 0) is 0 Å². The van der Waals surface area contributed by atoms with E-state index >= 15 is 0 Å². The van der Waals surface area contributed by atoms with E-state index in [2.05, 4.69) is 25.6 Å². The molecule has 2 aromatic heterocycles. The van der Waals surface area contributed by atoms with Gasteiger partial charge in [-0.3, -0.25) is 4.79 Å². The minimum absolute atomic E-state index is 0.00714. The molecule has 0 atom stereocenters. The van der Waals surface area contributed by atoms with Crippen molar-refractivity contribution in [2.45, 2.75) is 13.8 Å². The standard InChI is InChI=1S/C18H18N6O/c1-11-5-4-8-20-16(11)24-18-15(19)17(21-10-22-18)23-14-7-3-6-13(9-14)12(2)25/h3-10H,19H2,1-2H3,(H2,20,21,22,23,24). The third-order valence-corrected chi connectivity index (χ3v) is 3.66. The summed E-state index contributed by atoms with van der Waals surface area (Å²) < 4.78 is 0. The first-order chi connectivity index (χ1) is 12.0. The Balaban J connectivity index is 1.88. The molecule has 0 saturated carbocycles. The maximum absolute atomic E-state index is 11.5. The fraction of sp³-hybridized carbons (Fsp3) is 0.111. The summed E-state index contributed by atoms with van der Waals surface area (Å²) in [7, 11) is 0. The Morgan fingerprint density at radius 1 is 1.00 bits per heavy atom. The first-order valence-corrected chi connectivity index (χ1v) is 7.71. The second-order valence-corrected chi connectivity index (χ2v) is 5.54. The number of nitrogens with zero attached hydrogens (tertiary/aromatic N) is 3. The van der Waals surface area contributed by atoms with Crippen LogP contribution in [0.4, 0.5) is 28.8 Å². The molecule has 0 fully saturated rings. The van der Waals surface area contributed by atoms with Crippen molar-refractivity contribution in [1.29, 1.82) is 0 Å². The molecule has 126 valence electrons. The Morgan fingerprint density at radius 2 is 1.76 bits per heavy atom. The molecule has 0 aliphatic rings. The van der Waals surface area contributed by atoms with Gasteiger partial charge in [0, 0.05) is 17.4 Å². The molecule has 2 heterocycles. The van der Waals surface area contributed by atoms with Crippen molar-refractivity contribution in [1.82, 2.24) is 15.0 Å². The van der Waals surface area contributed by atoms with E-state index in [1.807, 2.05) is 25.1 Å². The van der Waals surface area contributed by atoms with Crippen LogP contribution in [0.1, 0.15) is 22.8 Å². The van der Waals surface area contributed by atoms with E-state index in [1.54, 1.807) is 24.4 Å². The summed E-state index contributed by atoms with van der Waals surface area (Å²) in [6.07, 6.45) is 3.10. The molecule has 0 spiro atoms. The summed E-state index contributed by atoms with van der Waals surface area (Å²) in [4.78, 5) is 24.1. The fourth-order valence-electron chi connectivity index (χ4n) is 2.28. The van der Waals surface area contributed by atoms with Crippen molar-refractivity contribution in [3.8, 4) is 0 Å². The molecule has 1 aromatic carbocycles. The Hall–Kier alpha value is -3.48. The van der Waals surface area contributed by atoms with Crippen LogP contribution in [0, 0.1) is 6.92 Å². The van der Waals surface area contributed by atoms with Crippen LogP contribution in [0.25, 0.3) is 0 Å². The second kappa shape index (κ2) is 6.96. The summed E-state index contributed by atoms with van der Waals surface area (Å²) in [5, 5.41) is 6.23. The molecule has 0 radical (unpaired) electrons. The lowest BCUT2D eigenvalue weighted by Gasteiger charge is -2.13. The average Bonchev–Trinajstić information content (AvgIpc) is 2.60. The lowest BCUT2D eigenvalue weighted by atomic mass is 10.1. The lowest BCUT2D eigenvalue weighted by Crippen LogP contribution is -2.06. The van der Waals surface area contributed by atoms with Crippen molar-refractivity contribution in [3.05, 3.63) is 60.0 Å². The number of Topliss-reactive ketones (excluding diaryl/α,β-unsaturated/α-hetero) is 1. The van der Waals surface area contributed by atoms with Gasteiger partial charge in [-0.25, -0.2) is 15.0 Å². The normalized spacial score (nSPS) is 10.3. The predicted molar refractivity (Wildman–Crippen MR) is 98.4 cm³/mol. The van der Waals surface area contributed by atoms with E-state index in [4.69, 9.17) is 5.73 Å². The number of nitrogens with two attached hydrogens (primary N) is 1. The Bertz CT molecular complexity index is 925. The van der Waals surface area contributed by atoms with Crippen molar-refractivity contribution in [2.75, 3.05) is 16.4 Å². The molecule has 0 unspecified atom stereocenters. The fourth-order valence-corrected chi connectivity index (χ4v) is 2.28. The van der Waals surface area contributed by atoms with Gasteiger partial charge < -0.3 is 16.4 Å². The number of pyridine rings is 1. The smallest absolute Gasteiger partial charge is 0.160 e. The molecule has 4 N–H and O–H groups in total. The molecular formula is C18H18N6O. The molecule has 0 aliphatic heterocycles. The number of carbonyl (C=O) groups excluding carboxylic acids is 1. The zero-order valence-corrected chi connectivity index (χ0v) is 13.9. The minimum Gasteiger partial charge on any atom is -0.393 e. The number of aromatic nitrogens is 3. The number of hydrogen-bond donors (Lipinski definition) is 3. The molecule has 7 heteroatoms. The first kappa shape index (κ1) is 16.4. The van der Waals surface area contributed by atoms with Crippen molar-refractivity contribution in [3.63, 3.8) is 0 Å². The molecule has 7 nitrogen and oxygen atoms in total. The quantitative estimate of drug-likeness (QED) is 0.614. The first-order valence-electron chi connectivity index (χ1n) is 7.71. The molecule has 3 aromatic rings. The van der Waals surface area contributed by atoms with E-state index < -0.39 is 0 Å². The Kier molecular flexibility index (Phi) is 4.56. The zero-order valence-electron chi connectivity index (χ0n) is 13.9. The van der Waals surface area contributed by atoms with Gasteiger partial charge >= 0.3 is 0 Å². The van der Waals surface area contributed by atoms with Crippen molar-refractivity contribution in [2.24, 2.45) is 0 Å². The maximum atomic E-state index is 11.5. The highest BCUT2D eigenvalue weighted by atomic mass is 16.1. The predicted octanol–water partition coefficient (Wildman–Crippen LogP) is 3.45. The van der Waals surface area contributed by atoms with Gasteiger partial charge in [0.15, 0.2) is 17.4 Å². The highest BCUT2D eigenvalue weighted by Crippen LogP contribution is 2.28. The van der Waals surface area contributed by atoms with Crippen LogP contribution in [0.5, 0.6) is 0 Å². The maximum Gasteiger partial charge on any atom is 0.160 e. The molecule has 0 saturated heterocycles. The lowest BCUT2D eigenvalue weighted by molar-refractivity contribution is 0.101. The van der Waals surface area contributed by atoms with E-state index in [-0.39, 0.29) is 5.78 Å². The van der Waals surface area contributed by atoms with Crippen LogP contribution in [-0.4, -0.2) is 20.7 Å². The van der Waals surface area contributed by atoms with Crippen LogP contribution >= 0.6 is 0 Å². The number of nitrogen functional groups attached to an aromatic ring is 1. The van der Waals surface area contributed by atoms with Gasteiger partial charge in [0.1, 0.15) is 17.8 Å². The molecule has 0 bridgehead atoms. The highest BCUT2D eigenvalue weighted by Gasteiger charge is 2.11. The number of benzene rings is 1. The molecule has 0 amide bonds. The third kappa shape index (κ3) is 3.72. The van der Waals surface area contributed by atoms with Crippen LogP contribution in [0.15, 0.2) is 48.9 Å². The monoisotopic (exact) mass is 334 g/mol. The molecule has 3 rings (SSSR count). The Labute approximate surface area is 145 Å². The Morgan fingerprint density at radius 3 is 2.48 bits per heavy atom. The van der Waals surface area contributed by atoms with Gasteiger partial charge in [-0.2, -0.15) is 0 Å². The summed E-state index contributed by atoms with van der Waals surface area (Å²) >= 11 is 0. The SMILES string of the molecule is CC(=O)c1cccc(Nc2ncnc(Nc3ncccc3C)c2N)c1. The van der Waals surface area contributed by atoms with Crippen LogP contribution < -0.4 is 16.4 Å². The van der Waals surface area contributed by atoms with Crippen LogP contribution in [0.2, 0.25) is 0 Å². The van der Waals surface area contributed by atoms with Crippen LogP contribution in [0.3, 0.4) is 0 Å². The van der Waals surface area contributed by atoms with E-state index in [9.17, 15) is 4.79 Å². The molecule has 25 heavy (non-hydrogen) atoms. The minimum atomic E-state index is -0.00714. The van der Waals surface area contributed by atoms with Crippen molar-refractivity contribution >= 4 is 34.6 Å². The van der Waals surface area contributed by atoms with E-state index in [0.29, 0.717) is 28.7 Å². The van der Waals surface area contributed by atoms with Gasteiger partial charge in [-0.1, -0.05) is 18.2 Å². The summed E-state index contributed by atoms with van der Waals surface area (Å²) in [6, 6.07) is 10.9. The molecular weight excluding hydrogens is 316 g/mol. The largest absolute Gasteiger partial charge is 0.393 e. The van der Waals surface area contributed by atoms with Gasteiger partial charge in [0.05, 0.1) is 0 Å². The summed E-state index contributed by atoms with van der Waals surface area (Å²) in [5.41, 5.74) is 8.85. The van der Waals surface area contributed by atoms with Gasteiger partial charge in [-0.15, -0.1) is 0 Å². The number of anilines is 5. The van der Waals surface area contributed by atoms with Gasteiger partial charge in [0.2, 0.25) is 0 Å². The average molecular weight is 334 g/mol. The number of carbonyl (C=O) groups is 1. The third-order valence-electron chi connectivity index (χ3n) is 3.66. The number of aryl methyl sites for hydroxylation is 1. The number of rotatable bonds is 5. The van der Waals surface area contributed by atoms with E-state index in [0.717, 1.165) is 11.3 Å². The summed E-state index contributed by atoms with van der Waals surface area (Å²) in [6.45, 7) is 3.47.